The Hall–Kier alpha value is -0.610. The molecule has 69 valence electrons. The highest BCUT2D eigenvalue weighted by atomic mass is 16.5. The third kappa shape index (κ3) is 2.46. The van der Waals surface area contributed by atoms with Gasteiger partial charge in [-0.15, -0.1) is 0 Å². The number of likely N-dealkylation sites (N-methyl/N-ethyl adjacent to an activating group) is 1. The molecule has 0 spiro atoms. The Morgan fingerprint density at radius 2 is 2.50 bits per heavy atom. The second kappa shape index (κ2) is 4.42. The number of esters is 1. The first-order valence-corrected chi connectivity index (χ1v) is 4.14. The van der Waals surface area contributed by atoms with Gasteiger partial charge in [0.05, 0.1) is 13.5 Å². The van der Waals surface area contributed by atoms with Crippen molar-refractivity contribution in [1.82, 2.24) is 10.2 Å². The average Bonchev–Trinajstić information content (AvgIpc) is 2.09. The van der Waals surface area contributed by atoms with Crippen LogP contribution in [-0.4, -0.2) is 50.7 Å². The van der Waals surface area contributed by atoms with E-state index in [-0.39, 0.29) is 12.0 Å². The fourth-order valence-corrected chi connectivity index (χ4v) is 1.29. The predicted molar refractivity (Wildman–Crippen MR) is 44.9 cm³/mol. The van der Waals surface area contributed by atoms with E-state index in [9.17, 15) is 4.79 Å². The first-order chi connectivity index (χ1) is 5.74. The Kier molecular flexibility index (Phi) is 3.49. The van der Waals surface area contributed by atoms with E-state index in [0.717, 1.165) is 19.6 Å². The second-order valence-corrected chi connectivity index (χ2v) is 3.04. The summed E-state index contributed by atoms with van der Waals surface area (Å²) in [7, 11) is 3.44. The molecule has 1 atom stereocenters. The summed E-state index contributed by atoms with van der Waals surface area (Å²) in [6, 6.07) is 0.242. The molecule has 0 aliphatic carbocycles. The third-order valence-electron chi connectivity index (χ3n) is 2.20. The standard InChI is InChI=1S/C8H15N2O2/c1-10-4-3-9-6-7(10)5-8(11)12-2/h7H,3-6H2,1-2H3. The van der Waals surface area contributed by atoms with Crippen LogP contribution < -0.4 is 5.32 Å². The lowest BCUT2D eigenvalue weighted by Crippen LogP contribution is -2.47. The molecule has 0 aromatic carbocycles. The van der Waals surface area contributed by atoms with Gasteiger partial charge in [-0.2, -0.15) is 0 Å². The maximum absolute atomic E-state index is 10.9. The van der Waals surface area contributed by atoms with Crippen molar-refractivity contribution >= 4 is 5.97 Å². The number of nitrogens with zero attached hydrogens (tertiary/aromatic N) is 2. The molecule has 1 heterocycles. The predicted octanol–water partition coefficient (Wildman–Crippen LogP) is -0.532. The normalized spacial score (nSPS) is 25.3. The fraction of sp³-hybridized carbons (Fsp3) is 0.875. The van der Waals surface area contributed by atoms with Crippen molar-refractivity contribution in [3.05, 3.63) is 0 Å². The molecule has 12 heavy (non-hydrogen) atoms. The zero-order valence-corrected chi connectivity index (χ0v) is 7.62. The minimum absolute atomic E-state index is 0.149. The highest BCUT2D eigenvalue weighted by Crippen LogP contribution is 2.05. The summed E-state index contributed by atoms with van der Waals surface area (Å²) in [6.07, 6.45) is 0.455. The molecule has 0 N–H and O–H groups in total. The van der Waals surface area contributed by atoms with Crippen LogP contribution in [0.3, 0.4) is 0 Å². The number of hydrogen-bond acceptors (Lipinski definition) is 3. The van der Waals surface area contributed by atoms with E-state index >= 15 is 0 Å². The average molecular weight is 171 g/mol. The number of piperazine rings is 1. The second-order valence-electron chi connectivity index (χ2n) is 3.04. The van der Waals surface area contributed by atoms with Crippen LogP contribution in [0.5, 0.6) is 0 Å². The van der Waals surface area contributed by atoms with Crippen molar-refractivity contribution in [2.45, 2.75) is 12.5 Å². The molecular weight excluding hydrogens is 156 g/mol. The van der Waals surface area contributed by atoms with Gasteiger partial charge >= 0.3 is 5.97 Å². The smallest absolute Gasteiger partial charge is 0.307 e. The summed E-state index contributed by atoms with van der Waals surface area (Å²) in [6.45, 7) is 2.58. The lowest BCUT2D eigenvalue weighted by atomic mass is 10.1. The van der Waals surface area contributed by atoms with Gasteiger partial charge in [-0.05, 0) is 7.05 Å². The highest BCUT2D eigenvalue weighted by molar-refractivity contribution is 5.69. The van der Waals surface area contributed by atoms with Gasteiger partial charge in [-0.25, -0.2) is 5.32 Å². The van der Waals surface area contributed by atoms with E-state index in [1.165, 1.54) is 7.11 Å². The minimum atomic E-state index is -0.149. The molecule has 0 aromatic heterocycles. The van der Waals surface area contributed by atoms with Gasteiger partial charge in [0.15, 0.2) is 0 Å². The van der Waals surface area contributed by atoms with Gasteiger partial charge in [0.2, 0.25) is 0 Å². The van der Waals surface area contributed by atoms with Crippen LogP contribution in [0.1, 0.15) is 6.42 Å². The quantitative estimate of drug-likeness (QED) is 0.524. The summed E-state index contributed by atoms with van der Waals surface area (Å²) in [5, 5.41) is 4.25. The number of carbonyl (C=O) groups is 1. The van der Waals surface area contributed by atoms with E-state index in [2.05, 4.69) is 15.0 Å². The Morgan fingerprint density at radius 1 is 1.75 bits per heavy atom. The van der Waals surface area contributed by atoms with Crippen molar-refractivity contribution in [3.8, 4) is 0 Å². The van der Waals surface area contributed by atoms with Gasteiger partial charge in [0, 0.05) is 25.7 Å². The summed E-state index contributed by atoms with van der Waals surface area (Å²) < 4.78 is 4.59. The van der Waals surface area contributed by atoms with E-state index in [1.54, 1.807) is 0 Å². The summed E-state index contributed by atoms with van der Waals surface area (Å²) in [5.74, 6) is -0.149. The van der Waals surface area contributed by atoms with Crippen LogP contribution in [0.4, 0.5) is 0 Å². The Bertz CT molecular complexity index is 161. The van der Waals surface area contributed by atoms with Gasteiger partial charge in [0.25, 0.3) is 0 Å². The van der Waals surface area contributed by atoms with Crippen molar-refractivity contribution < 1.29 is 9.53 Å². The first-order valence-electron chi connectivity index (χ1n) is 4.14. The largest absolute Gasteiger partial charge is 0.469 e. The zero-order valence-electron chi connectivity index (χ0n) is 7.62. The molecule has 0 aromatic rings. The van der Waals surface area contributed by atoms with E-state index < -0.39 is 0 Å². The molecule has 1 aliphatic heterocycles. The van der Waals surface area contributed by atoms with Crippen molar-refractivity contribution in [3.63, 3.8) is 0 Å². The molecule has 4 heteroatoms. The van der Waals surface area contributed by atoms with Gasteiger partial charge in [-0.1, -0.05) is 0 Å². The Labute approximate surface area is 72.9 Å². The number of carbonyl (C=O) groups excluding carboxylic acids is 1. The number of methoxy groups -OCH3 is 1. The molecule has 0 amide bonds. The Balaban J connectivity index is 2.33. The topological polar surface area (TPSA) is 43.6 Å². The van der Waals surface area contributed by atoms with E-state index in [0.29, 0.717) is 6.42 Å². The molecule has 1 unspecified atom stereocenters. The van der Waals surface area contributed by atoms with Gasteiger partial charge in [0.1, 0.15) is 0 Å². The molecule has 1 saturated heterocycles. The SMILES string of the molecule is COC(=O)CC1C[N]CCN1C. The molecule has 1 rings (SSSR count). The Morgan fingerprint density at radius 3 is 3.08 bits per heavy atom. The third-order valence-corrected chi connectivity index (χ3v) is 2.20. The lowest BCUT2D eigenvalue weighted by Gasteiger charge is -2.31. The highest BCUT2D eigenvalue weighted by Gasteiger charge is 2.22. The number of ether oxygens (including phenoxy) is 1. The van der Waals surface area contributed by atoms with Crippen molar-refractivity contribution in [2.24, 2.45) is 0 Å². The van der Waals surface area contributed by atoms with Crippen LogP contribution in [-0.2, 0) is 9.53 Å². The molecular formula is C8H15N2O2. The maximum Gasteiger partial charge on any atom is 0.307 e. The van der Waals surface area contributed by atoms with E-state index in [1.807, 2.05) is 7.05 Å². The summed E-state index contributed by atoms with van der Waals surface area (Å²) in [4.78, 5) is 13.1. The molecule has 1 radical (unpaired) electrons. The van der Waals surface area contributed by atoms with Crippen molar-refractivity contribution in [1.29, 1.82) is 0 Å². The molecule has 1 aliphatic rings. The van der Waals surface area contributed by atoms with Crippen molar-refractivity contribution in [2.75, 3.05) is 33.8 Å². The molecule has 1 fully saturated rings. The van der Waals surface area contributed by atoms with Crippen LogP contribution in [0.15, 0.2) is 0 Å². The first kappa shape index (κ1) is 9.48. The minimum Gasteiger partial charge on any atom is -0.469 e. The fourth-order valence-electron chi connectivity index (χ4n) is 1.29. The molecule has 4 nitrogen and oxygen atoms in total. The lowest BCUT2D eigenvalue weighted by molar-refractivity contribution is -0.142. The monoisotopic (exact) mass is 171 g/mol. The number of hydrogen-bond donors (Lipinski definition) is 0. The van der Waals surface area contributed by atoms with Crippen LogP contribution in [0, 0.1) is 0 Å². The van der Waals surface area contributed by atoms with Crippen LogP contribution >= 0.6 is 0 Å². The van der Waals surface area contributed by atoms with Crippen LogP contribution in [0.25, 0.3) is 0 Å². The van der Waals surface area contributed by atoms with Gasteiger partial charge < -0.3 is 9.64 Å². The maximum atomic E-state index is 10.9. The molecule has 0 saturated carbocycles. The number of rotatable bonds is 2. The zero-order chi connectivity index (χ0) is 8.97. The van der Waals surface area contributed by atoms with E-state index in [4.69, 9.17) is 0 Å². The summed E-state index contributed by atoms with van der Waals surface area (Å²) in [5.41, 5.74) is 0. The molecule has 0 bridgehead atoms. The van der Waals surface area contributed by atoms with Crippen LogP contribution in [0.2, 0.25) is 0 Å². The van der Waals surface area contributed by atoms with Gasteiger partial charge in [-0.3, -0.25) is 4.79 Å². The summed E-state index contributed by atoms with van der Waals surface area (Å²) >= 11 is 0.